The number of benzene rings is 2. The van der Waals surface area contributed by atoms with Crippen LogP contribution in [0.1, 0.15) is 36.8 Å². The zero-order valence-electron chi connectivity index (χ0n) is 12.4. The zero-order chi connectivity index (χ0) is 15.2. The van der Waals surface area contributed by atoms with Gasteiger partial charge in [0.15, 0.2) is 0 Å². The Hall–Kier alpha value is -0.550. The van der Waals surface area contributed by atoms with Gasteiger partial charge in [0, 0.05) is 10.0 Å². The Bertz CT molecular complexity index is 497. The molecule has 0 nitrogen and oxygen atoms in total. The van der Waals surface area contributed by atoms with Crippen LogP contribution in [0.3, 0.4) is 0 Å². The summed E-state index contributed by atoms with van der Waals surface area (Å²) in [6.07, 6.45) is 2.47. The molecular formula is C18H21Cl2P. The lowest BCUT2D eigenvalue weighted by Gasteiger charge is -2.15. The van der Waals surface area contributed by atoms with E-state index in [4.69, 9.17) is 23.2 Å². The Labute approximate surface area is 139 Å². The van der Waals surface area contributed by atoms with Crippen molar-refractivity contribution in [1.82, 2.24) is 0 Å². The lowest BCUT2D eigenvalue weighted by atomic mass is 10.0. The van der Waals surface area contributed by atoms with Crippen molar-refractivity contribution in [3.05, 3.63) is 69.7 Å². The van der Waals surface area contributed by atoms with E-state index in [1.165, 1.54) is 23.5 Å². The molecule has 0 saturated heterocycles. The van der Waals surface area contributed by atoms with E-state index in [0.717, 1.165) is 18.6 Å². The van der Waals surface area contributed by atoms with Gasteiger partial charge in [0.05, 0.1) is 0 Å². The molecule has 0 saturated carbocycles. The van der Waals surface area contributed by atoms with Crippen molar-refractivity contribution in [3.63, 3.8) is 0 Å². The van der Waals surface area contributed by atoms with Crippen LogP contribution in [0.15, 0.2) is 48.5 Å². The highest BCUT2D eigenvalue weighted by Gasteiger charge is 2.09. The molecule has 2 unspecified atom stereocenters. The molecule has 2 atom stereocenters. The summed E-state index contributed by atoms with van der Waals surface area (Å²) in [6.45, 7) is 4.59. The molecule has 2 aromatic rings. The molecule has 0 bridgehead atoms. The van der Waals surface area contributed by atoms with Crippen LogP contribution in [0.25, 0.3) is 0 Å². The predicted molar refractivity (Wildman–Crippen MR) is 97.8 cm³/mol. The molecule has 0 heterocycles. The number of hydrogen-bond donors (Lipinski definition) is 0. The number of halogens is 2. The second-order valence-electron chi connectivity index (χ2n) is 5.56. The summed E-state index contributed by atoms with van der Waals surface area (Å²) in [5.41, 5.74) is 2.76. The quantitative estimate of drug-likeness (QED) is 0.522. The second kappa shape index (κ2) is 8.18. The molecule has 21 heavy (non-hydrogen) atoms. The summed E-state index contributed by atoms with van der Waals surface area (Å²) in [5, 5.41) is 1.62. The van der Waals surface area contributed by atoms with Gasteiger partial charge in [0.25, 0.3) is 0 Å². The molecule has 0 aliphatic carbocycles. The van der Waals surface area contributed by atoms with E-state index in [2.05, 4.69) is 38.1 Å². The van der Waals surface area contributed by atoms with Gasteiger partial charge in [-0.3, -0.25) is 0 Å². The Kier molecular flexibility index (Phi) is 6.55. The highest BCUT2D eigenvalue weighted by Crippen LogP contribution is 2.30. The van der Waals surface area contributed by atoms with Crippen LogP contribution in [-0.2, 0) is 0 Å². The summed E-state index contributed by atoms with van der Waals surface area (Å²) in [4.78, 5) is 0. The molecule has 0 amide bonds. The van der Waals surface area contributed by atoms with Gasteiger partial charge >= 0.3 is 0 Å². The molecule has 0 fully saturated rings. The van der Waals surface area contributed by atoms with E-state index in [9.17, 15) is 0 Å². The van der Waals surface area contributed by atoms with E-state index in [-0.39, 0.29) is 0 Å². The van der Waals surface area contributed by atoms with Gasteiger partial charge in [0.2, 0.25) is 0 Å². The third-order valence-corrected chi connectivity index (χ3v) is 6.09. The summed E-state index contributed by atoms with van der Waals surface area (Å²) in [6, 6.07) is 16.5. The molecule has 3 heteroatoms. The number of rotatable bonds is 6. The minimum atomic E-state index is 0.595. The first-order valence-electron chi connectivity index (χ1n) is 7.28. The molecular weight excluding hydrogens is 318 g/mol. The minimum absolute atomic E-state index is 0.595. The van der Waals surface area contributed by atoms with Gasteiger partial charge in [-0.1, -0.05) is 61.3 Å². The molecule has 0 aromatic heterocycles. The molecule has 0 aliphatic rings. The molecule has 0 radical (unpaired) electrons. The number of hydrogen-bond acceptors (Lipinski definition) is 0. The van der Waals surface area contributed by atoms with E-state index in [1.54, 1.807) is 0 Å². The Morgan fingerprint density at radius 3 is 1.38 bits per heavy atom. The first-order chi connectivity index (χ1) is 10.1. The van der Waals surface area contributed by atoms with Gasteiger partial charge < -0.3 is 0 Å². The summed E-state index contributed by atoms with van der Waals surface area (Å²) < 4.78 is 0. The maximum absolute atomic E-state index is 5.93. The van der Waals surface area contributed by atoms with E-state index in [0.29, 0.717) is 11.8 Å². The van der Waals surface area contributed by atoms with Crippen molar-refractivity contribution < 1.29 is 0 Å². The van der Waals surface area contributed by atoms with Gasteiger partial charge in [-0.2, -0.15) is 0 Å². The minimum Gasteiger partial charge on any atom is -0.121 e. The van der Waals surface area contributed by atoms with Crippen molar-refractivity contribution >= 4 is 31.8 Å². The third-order valence-electron chi connectivity index (χ3n) is 3.78. The average Bonchev–Trinajstić information content (AvgIpc) is 2.48. The lowest BCUT2D eigenvalue weighted by molar-refractivity contribution is 0.852. The molecule has 2 rings (SSSR count). The summed E-state index contributed by atoms with van der Waals surface area (Å²) in [5.74, 6) is 1.19. The Morgan fingerprint density at radius 1 is 0.714 bits per heavy atom. The van der Waals surface area contributed by atoms with Crippen LogP contribution >= 0.6 is 31.8 Å². The molecule has 112 valence electrons. The Morgan fingerprint density at radius 2 is 1.05 bits per heavy atom. The summed E-state index contributed by atoms with van der Waals surface area (Å²) in [7, 11) is 0.972. The molecule has 0 aliphatic heterocycles. The maximum Gasteiger partial charge on any atom is 0.0406 e. The highest BCUT2D eigenvalue weighted by atomic mass is 35.5. The largest absolute Gasteiger partial charge is 0.121 e. The SMILES string of the molecule is CC(CPCC(C)c1ccc(Cl)cc1)c1ccc(Cl)cc1. The van der Waals surface area contributed by atoms with Gasteiger partial charge in [-0.05, 0) is 59.6 Å². The van der Waals surface area contributed by atoms with Crippen LogP contribution in [0.5, 0.6) is 0 Å². The second-order valence-corrected chi connectivity index (χ2v) is 7.75. The fourth-order valence-electron chi connectivity index (χ4n) is 2.33. The van der Waals surface area contributed by atoms with E-state index in [1.807, 2.05) is 24.3 Å². The average molecular weight is 339 g/mol. The van der Waals surface area contributed by atoms with E-state index >= 15 is 0 Å². The van der Waals surface area contributed by atoms with Gasteiger partial charge in [0.1, 0.15) is 0 Å². The first kappa shape index (κ1) is 16.8. The van der Waals surface area contributed by atoms with Crippen LogP contribution < -0.4 is 0 Å². The highest BCUT2D eigenvalue weighted by molar-refractivity contribution is 7.38. The lowest BCUT2D eigenvalue weighted by Crippen LogP contribution is -2.00. The zero-order valence-corrected chi connectivity index (χ0v) is 15.0. The van der Waals surface area contributed by atoms with Crippen molar-refractivity contribution in [1.29, 1.82) is 0 Å². The first-order valence-corrected chi connectivity index (χ1v) is 9.45. The van der Waals surface area contributed by atoms with Crippen LogP contribution in [-0.4, -0.2) is 12.3 Å². The monoisotopic (exact) mass is 338 g/mol. The molecule has 0 spiro atoms. The third kappa shape index (κ3) is 5.29. The smallest absolute Gasteiger partial charge is 0.0406 e. The van der Waals surface area contributed by atoms with Gasteiger partial charge in [-0.15, -0.1) is 8.58 Å². The molecule has 0 N–H and O–H groups in total. The fourth-order valence-corrected chi connectivity index (χ4v) is 4.09. The fraction of sp³-hybridized carbons (Fsp3) is 0.333. The summed E-state index contributed by atoms with van der Waals surface area (Å²) >= 11 is 11.9. The van der Waals surface area contributed by atoms with Crippen molar-refractivity contribution in [2.75, 3.05) is 12.3 Å². The van der Waals surface area contributed by atoms with Crippen LogP contribution in [0.2, 0.25) is 10.0 Å². The van der Waals surface area contributed by atoms with Crippen LogP contribution in [0.4, 0.5) is 0 Å². The van der Waals surface area contributed by atoms with E-state index < -0.39 is 0 Å². The topological polar surface area (TPSA) is 0 Å². The predicted octanol–water partition coefficient (Wildman–Crippen LogP) is 6.58. The van der Waals surface area contributed by atoms with Crippen molar-refractivity contribution in [3.8, 4) is 0 Å². The Balaban J connectivity index is 1.80. The normalized spacial score (nSPS) is 14.5. The molecule has 2 aromatic carbocycles. The standard InChI is InChI=1S/C18H21Cl2P/c1-13(15-3-7-17(19)8-4-15)11-21-12-14(2)16-5-9-18(20)10-6-16/h3-10,13-14,21H,11-12H2,1-2H3. The van der Waals surface area contributed by atoms with Crippen molar-refractivity contribution in [2.24, 2.45) is 0 Å². The maximum atomic E-state index is 5.93. The van der Waals surface area contributed by atoms with Gasteiger partial charge in [-0.25, -0.2) is 0 Å². The van der Waals surface area contributed by atoms with Crippen molar-refractivity contribution in [2.45, 2.75) is 25.7 Å². The van der Waals surface area contributed by atoms with Crippen LogP contribution in [0, 0.1) is 0 Å².